The van der Waals surface area contributed by atoms with E-state index in [1.165, 1.54) is 6.42 Å². The van der Waals surface area contributed by atoms with Crippen molar-refractivity contribution < 1.29 is 0 Å². The van der Waals surface area contributed by atoms with Crippen LogP contribution in [0.4, 0.5) is 11.6 Å². The molecule has 0 radical (unpaired) electrons. The van der Waals surface area contributed by atoms with Crippen LogP contribution >= 0.6 is 23.2 Å². The first kappa shape index (κ1) is 14.7. The Bertz CT molecular complexity index is 451. The molecule has 1 aliphatic heterocycles. The van der Waals surface area contributed by atoms with E-state index in [0.717, 1.165) is 25.3 Å². The van der Waals surface area contributed by atoms with Crippen LogP contribution in [-0.4, -0.2) is 50.2 Å². The van der Waals surface area contributed by atoms with Gasteiger partial charge in [0, 0.05) is 26.2 Å². The molecule has 2 rings (SSSR count). The summed E-state index contributed by atoms with van der Waals surface area (Å²) in [6, 6.07) is 2.30. The maximum absolute atomic E-state index is 6.29. The largest absolute Gasteiger partial charge is 0.372 e. The molecule has 1 aromatic heterocycles. The second-order valence-electron chi connectivity index (χ2n) is 5.08. The van der Waals surface area contributed by atoms with E-state index in [1.54, 1.807) is 6.07 Å². The number of likely N-dealkylation sites (N-methyl/N-ethyl adjacent to an activating group) is 1. The van der Waals surface area contributed by atoms with E-state index in [2.05, 4.69) is 34.2 Å². The summed E-state index contributed by atoms with van der Waals surface area (Å²) < 4.78 is 0. The Morgan fingerprint density at radius 1 is 1.37 bits per heavy atom. The van der Waals surface area contributed by atoms with E-state index in [4.69, 9.17) is 23.2 Å². The molecule has 4 nitrogen and oxygen atoms in total. The third-order valence-electron chi connectivity index (χ3n) is 3.57. The van der Waals surface area contributed by atoms with Crippen molar-refractivity contribution >= 4 is 34.8 Å². The lowest BCUT2D eigenvalue weighted by atomic mass is 10.1. The Hall–Kier alpha value is -0.710. The smallest absolute Gasteiger partial charge is 0.150 e. The molecule has 1 unspecified atom stereocenters. The molecule has 0 aliphatic carbocycles. The minimum Gasteiger partial charge on any atom is -0.372 e. The highest BCUT2D eigenvalue weighted by Gasteiger charge is 2.24. The van der Waals surface area contributed by atoms with E-state index in [1.807, 2.05) is 7.05 Å². The number of rotatable bonds is 3. The molecule has 1 fully saturated rings. The molecular formula is C13H20Cl2N4. The number of piperidine rings is 1. The molecule has 1 aliphatic rings. The summed E-state index contributed by atoms with van der Waals surface area (Å²) in [5.41, 5.74) is 0. The molecule has 0 spiro atoms. The van der Waals surface area contributed by atoms with E-state index >= 15 is 0 Å². The molecule has 0 saturated carbocycles. The van der Waals surface area contributed by atoms with Crippen molar-refractivity contribution in [3.63, 3.8) is 0 Å². The van der Waals surface area contributed by atoms with Gasteiger partial charge in [-0.25, -0.2) is 4.98 Å². The van der Waals surface area contributed by atoms with Crippen molar-refractivity contribution in [3.8, 4) is 0 Å². The number of aromatic nitrogens is 1. The first-order chi connectivity index (χ1) is 9.02. The normalized spacial score (nSPS) is 19.9. The van der Waals surface area contributed by atoms with Crippen molar-refractivity contribution in [1.29, 1.82) is 0 Å². The molecule has 1 N–H and O–H groups in total. The van der Waals surface area contributed by atoms with Crippen LogP contribution in [0.1, 0.15) is 12.8 Å². The Morgan fingerprint density at radius 3 is 2.74 bits per heavy atom. The minimum atomic E-state index is 0.542. The van der Waals surface area contributed by atoms with Gasteiger partial charge in [-0.05, 0) is 33.0 Å². The van der Waals surface area contributed by atoms with Crippen molar-refractivity contribution in [2.75, 3.05) is 44.4 Å². The van der Waals surface area contributed by atoms with E-state index in [-0.39, 0.29) is 0 Å². The summed E-state index contributed by atoms with van der Waals surface area (Å²) in [5, 5.41) is 4.16. The molecule has 0 amide bonds. The fourth-order valence-corrected chi connectivity index (χ4v) is 3.00. The zero-order valence-electron chi connectivity index (χ0n) is 11.6. The van der Waals surface area contributed by atoms with Crippen LogP contribution < -0.4 is 10.2 Å². The van der Waals surface area contributed by atoms with E-state index < -0.39 is 0 Å². The highest BCUT2D eigenvalue weighted by Crippen LogP contribution is 2.32. The first-order valence-corrected chi connectivity index (χ1v) is 7.23. The molecule has 1 saturated heterocycles. The van der Waals surface area contributed by atoms with Gasteiger partial charge in [0.25, 0.3) is 0 Å². The summed E-state index contributed by atoms with van der Waals surface area (Å²) in [7, 11) is 6.04. The monoisotopic (exact) mass is 302 g/mol. The number of hydrogen-bond donors (Lipinski definition) is 1. The Morgan fingerprint density at radius 2 is 2.11 bits per heavy atom. The Kier molecular flexibility index (Phi) is 4.76. The van der Waals surface area contributed by atoms with Crippen LogP contribution in [-0.2, 0) is 0 Å². The predicted octanol–water partition coefficient (Wildman–Crippen LogP) is 2.96. The van der Waals surface area contributed by atoms with Gasteiger partial charge >= 0.3 is 0 Å². The molecular weight excluding hydrogens is 283 g/mol. The first-order valence-electron chi connectivity index (χ1n) is 6.48. The number of hydrogen-bond acceptors (Lipinski definition) is 4. The highest BCUT2D eigenvalue weighted by atomic mass is 35.5. The van der Waals surface area contributed by atoms with E-state index in [0.29, 0.717) is 21.9 Å². The van der Waals surface area contributed by atoms with Gasteiger partial charge in [-0.2, -0.15) is 0 Å². The summed E-state index contributed by atoms with van der Waals surface area (Å²) >= 11 is 12.4. The van der Waals surface area contributed by atoms with Crippen molar-refractivity contribution in [3.05, 3.63) is 16.1 Å². The quantitative estimate of drug-likeness (QED) is 0.930. The van der Waals surface area contributed by atoms with Crippen LogP contribution in [0.2, 0.25) is 10.0 Å². The van der Waals surface area contributed by atoms with Gasteiger partial charge in [0.15, 0.2) is 0 Å². The van der Waals surface area contributed by atoms with Crippen LogP contribution in [0.25, 0.3) is 0 Å². The summed E-state index contributed by atoms with van der Waals surface area (Å²) in [4.78, 5) is 9.04. The number of nitrogens with zero attached hydrogens (tertiary/aromatic N) is 3. The Labute approximate surface area is 124 Å². The van der Waals surface area contributed by atoms with Crippen molar-refractivity contribution in [2.24, 2.45) is 0 Å². The molecule has 1 aromatic rings. The van der Waals surface area contributed by atoms with Crippen LogP contribution in [0.5, 0.6) is 0 Å². The zero-order chi connectivity index (χ0) is 14.0. The second kappa shape index (κ2) is 6.16. The fraction of sp³-hybridized carbons (Fsp3) is 0.615. The summed E-state index contributed by atoms with van der Waals surface area (Å²) in [5.74, 6) is 1.50. The van der Waals surface area contributed by atoms with Gasteiger partial charge in [0.2, 0.25) is 0 Å². The molecule has 0 bridgehead atoms. The molecule has 0 aromatic carbocycles. The fourth-order valence-electron chi connectivity index (χ4n) is 2.42. The molecule has 1 atom stereocenters. The topological polar surface area (TPSA) is 31.4 Å². The molecule has 106 valence electrons. The zero-order valence-corrected chi connectivity index (χ0v) is 13.1. The van der Waals surface area contributed by atoms with Crippen molar-refractivity contribution in [1.82, 2.24) is 9.88 Å². The lowest BCUT2D eigenvalue weighted by Crippen LogP contribution is -2.45. The van der Waals surface area contributed by atoms with Gasteiger partial charge in [-0.3, -0.25) is 0 Å². The van der Waals surface area contributed by atoms with Gasteiger partial charge in [-0.15, -0.1) is 0 Å². The number of nitrogens with one attached hydrogen (secondary N) is 1. The lowest BCUT2D eigenvalue weighted by Gasteiger charge is -2.37. The number of halogens is 2. The maximum Gasteiger partial charge on any atom is 0.150 e. The Balaban J connectivity index is 2.25. The van der Waals surface area contributed by atoms with Gasteiger partial charge in [-0.1, -0.05) is 23.2 Å². The third-order valence-corrected chi connectivity index (χ3v) is 4.14. The van der Waals surface area contributed by atoms with Crippen LogP contribution in [0.3, 0.4) is 0 Å². The standard InChI is InChI=1S/C13H20Cl2N4/c1-16-12-10(14)7-11(15)13(17-12)19-6-4-5-9(8-19)18(2)3/h7,9H,4-6,8H2,1-3H3,(H,16,17). The second-order valence-corrected chi connectivity index (χ2v) is 5.89. The molecule has 6 heteroatoms. The van der Waals surface area contributed by atoms with Gasteiger partial charge in [0.1, 0.15) is 11.6 Å². The number of pyridine rings is 1. The summed E-state index contributed by atoms with van der Waals surface area (Å²) in [6.07, 6.45) is 2.37. The molecule has 2 heterocycles. The van der Waals surface area contributed by atoms with Crippen LogP contribution in [0.15, 0.2) is 6.07 Å². The predicted molar refractivity (Wildman–Crippen MR) is 82.7 cm³/mol. The minimum absolute atomic E-state index is 0.542. The SMILES string of the molecule is CNc1nc(N2CCCC(N(C)C)C2)c(Cl)cc1Cl. The maximum atomic E-state index is 6.29. The van der Waals surface area contributed by atoms with Crippen molar-refractivity contribution in [2.45, 2.75) is 18.9 Å². The average Bonchev–Trinajstić information content (AvgIpc) is 2.39. The third kappa shape index (κ3) is 3.25. The van der Waals surface area contributed by atoms with E-state index in [9.17, 15) is 0 Å². The van der Waals surface area contributed by atoms with Gasteiger partial charge in [0.05, 0.1) is 10.0 Å². The van der Waals surface area contributed by atoms with Crippen LogP contribution in [0, 0.1) is 0 Å². The summed E-state index contributed by atoms with van der Waals surface area (Å²) in [6.45, 7) is 1.94. The molecule has 19 heavy (non-hydrogen) atoms. The number of anilines is 2. The average molecular weight is 303 g/mol. The van der Waals surface area contributed by atoms with Gasteiger partial charge < -0.3 is 15.1 Å². The lowest BCUT2D eigenvalue weighted by molar-refractivity contribution is 0.257. The highest BCUT2D eigenvalue weighted by molar-refractivity contribution is 6.37.